The molecule has 10 heteroatoms. The van der Waals surface area contributed by atoms with Crippen molar-refractivity contribution in [3.8, 4) is 0 Å². The zero-order chi connectivity index (χ0) is 23.5. The number of urea groups is 1. The molecule has 3 amide bonds. The molecular formula is C23H26ClN5O4. The standard InChI is InChI=1S/C23H26ClN5O4/c1-3-33-22(31)17-4-9-20(25-14-17)27-12-10-26(11-13-27)15-28-21(30)16(2)29(23(28)32)19-7-5-18(24)6-8-19/h4-9,14,16H,3,10-13,15H2,1-2H3/t16-/m0/s1. The number of pyridine rings is 1. The van der Waals surface area contributed by atoms with Gasteiger partial charge in [0.05, 0.1) is 18.8 Å². The number of carbonyl (C=O) groups excluding carboxylic acids is 3. The lowest BCUT2D eigenvalue weighted by Gasteiger charge is -2.36. The first kappa shape index (κ1) is 23.0. The summed E-state index contributed by atoms with van der Waals surface area (Å²) in [6.45, 7) is 6.80. The number of imide groups is 1. The van der Waals surface area contributed by atoms with Crippen LogP contribution in [0.3, 0.4) is 0 Å². The second-order valence-electron chi connectivity index (χ2n) is 7.94. The lowest BCUT2D eigenvalue weighted by Crippen LogP contribution is -2.51. The van der Waals surface area contributed by atoms with Crippen LogP contribution in [0, 0.1) is 0 Å². The van der Waals surface area contributed by atoms with E-state index in [9.17, 15) is 14.4 Å². The first-order valence-electron chi connectivity index (χ1n) is 10.9. The molecule has 2 aliphatic heterocycles. The summed E-state index contributed by atoms with van der Waals surface area (Å²) in [7, 11) is 0. The molecule has 2 aromatic rings. The van der Waals surface area contributed by atoms with Crippen molar-refractivity contribution < 1.29 is 19.1 Å². The van der Waals surface area contributed by atoms with Crippen molar-refractivity contribution in [2.45, 2.75) is 19.9 Å². The maximum absolute atomic E-state index is 13.0. The largest absolute Gasteiger partial charge is 0.462 e. The fraction of sp³-hybridized carbons (Fsp3) is 0.391. The summed E-state index contributed by atoms with van der Waals surface area (Å²) >= 11 is 5.95. The van der Waals surface area contributed by atoms with Gasteiger partial charge in [0.1, 0.15) is 11.9 Å². The quantitative estimate of drug-likeness (QED) is 0.473. The number of amides is 3. The highest BCUT2D eigenvalue weighted by molar-refractivity contribution is 6.30. The minimum Gasteiger partial charge on any atom is -0.462 e. The van der Waals surface area contributed by atoms with E-state index >= 15 is 0 Å². The first-order chi connectivity index (χ1) is 15.9. The van der Waals surface area contributed by atoms with Crippen LogP contribution in [0.5, 0.6) is 0 Å². The van der Waals surface area contributed by atoms with Crippen LogP contribution < -0.4 is 9.80 Å². The number of ether oxygens (including phenoxy) is 1. The number of piperazine rings is 1. The van der Waals surface area contributed by atoms with E-state index < -0.39 is 6.04 Å². The summed E-state index contributed by atoms with van der Waals surface area (Å²) in [4.78, 5) is 49.0. The Kier molecular flexibility index (Phi) is 6.80. The number of rotatable bonds is 6. The zero-order valence-electron chi connectivity index (χ0n) is 18.6. The number of aromatic nitrogens is 1. The molecule has 1 atom stereocenters. The third-order valence-corrected chi connectivity index (χ3v) is 6.10. The smallest absolute Gasteiger partial charge is 0.339 e. The van der Waals surface area contributed by atoms with Gasteiger partial charge in [-0.2, -0.15) is 0 Å². The minimum atomic E-state index is -0.568. The Bertz CT molecular complexity index is 1020. The lowest BCUT2D eigenvalue weighted by molar-refractivity contribution is -0.128. The Morgan fingerprint density at radius 3 is 2.39 bits per heavy atom. The molecule has 1 aromatic heterocycles. The molecular weight excluding hydrogens is 446 g/mol. The molecule has 4 rings (SSSR count). The van der Waals surface area contributed by atoms with E-state index in [0.29, 0.717) is 49.1 Å². The minimum absolute atomic E-state index is 0.214. The van der Waals surface area contributed by atoms with Gasteiger partial charge < -0.3 is 9.64 Å². The third kappa shape index (κ3) is 4.79. The predicted octanol–water partition coefficient (Wildman–Crippen LogP) is 2.85. The number of nitrogens with zero attached hydrogens (tertiary/aromatic N) is 5. The topological polar surface area (TPSA) is 86.3 Å². The van der Waals surface area contributed by atoms with Gasteiger partial charge in [-0.25, -0.2) is 19.5 Å². The molecule has 0 unspecified atom stereocenters. The van der Waals surface area contributed by atoms with E-state index in [4.69, 9.17) is 16.3 Å². The van der Waals surface area contributed by atoms with Gasteiger partial charge in [-0.3, -0.25) is 14.6 Å². The molecule has 3 heterocycles. The summed E-state index contributed by atoms with van der Waals surface area (Å²) in [6.07, 6.45) is 1.52. The van der Waals surface area contributed by atoms with E-state index in [1.54, 1.807) is 50.2 Å². The summed E-state index contributed by atoms with van der Waals surface area (Å²) in [6, 6.07) is 9.52. The molecule has 0 saturated carbocycles. The van der Waals surface area contributed by atoms with Gasteiger partial charge in [-0.05, 0) is 50.2 Å². The molecule has 2 aliphatic rings. The highest BCUT2D eigenvalue weighted by Gasteiger charge is 2.44. The Morgan fingerprint density at radius 1 is 1.09 bits per heavy atom. The lowest BCUT2D eigenvalue weighted by atomic mass is 10.2. The van der Waals surface area contributed by atoms with Crippen LogP contribution in [0.25, 0.3) is 0 Å². The molecule has 2 saturated heterocycles. The van der Waals surface area contributed by atoms with Crippen molar-refractivity contribution in [2.24, 2.45) is 0 Å². The van der Waals surface area contributed by atoms with Crippen molar-refractivity contribution in [1.82, 2.24) is 14.8 Å². The van der Waals surface area contributed by atoms with Crippen LogP contribution in [-0.2, 0) is 9.53 Å². The average molecular weight is 472 g/mol. The Hall–Kier alpha value is -3.17. The summed E-state index contributed by atoms with van der Waals surface area (Å²) in [5.41, 5.74) is 1.07. The van der Waals surface area contributed by atoms with Crippen molar-refractivity contribution in [1.29, 1.82) is 0 Å². The molecule has 2 fully saturated rings. The SMILES string of the molecule is CCOC(=O)c1ccc(N2CCN(CN3C(=O)[C@H](C)N(c4ccc(Cl)cc4)C3=O)CC2)nc1. The molecule has 0 aliphatic carbocycles. The Labute approximate surface area is 197 Å². The molecule has 0 bridgehead atoms. The maximum atomic E-state index is 13.0. The van der Waals surface area contributed by atoms with Gasteiger partial charge in [0.25, 0.3) is 5.91 Å². The number of carbonyl (C=O) groups is 3. The predicted molar refractivity (Wildman–Crippen MR) is 124 cm³/mol. The van der Waals surface area contributed by atoms with E-state index in [-0.39, 0.29) is 24.6 Å². The van der Waals surface area contributed by atoms with Gasteiger partial charge >= 0.3 is 12.0 Å². The number of hydrogen-bond acceptors (Lipinski definition) is 7. The highest BCUT2D eigenvalue weighted by atomic mass is 35.5. The van der Waals surface area contributed by atoms with Crippen LogP contribution >= 0.6 is 11.6 Å². The van der Waals surface area contributed by atoms with E-state index in [1.807, 2.05) is 0 Å². The molecule has 174 valence electrons. The van der Waals surface area contributed by atoms with Crippen LogP contribution in [0.2, 0.25) is 5.02 Å². The molecule has 9 nitrogen and oxygen atoms in total. The normalized spacial score (nSPS) is 19.4. The maximum Gasteiger partial charge on any atom is 0.339 e. The van der Waals surface area contributed by atoms with Crippen LogP contribution in [0.1, 0.15) is 24.2 Å². The average Bonchev–Trinajstić information content (AvgIpc) is 3.03. The Morgan fingerprint density at radius 2 is 1.79 bits per heavy atom. The number of esters is 1. The van der Waals surface area contributed by atoms with Crippen LogP contribution in [0.15, 0.2) is 42.6 Å². The molecule has 0 radical (unpaired) electrons. The van der Waals surface area contributed by atoms with Gasteiger partial charge in [0, 0.05) is 43.1 Å². The van der Waals surface area contributed by atoms with Crippen molar-refractivity contribution in [2.75, 3.05) is 49.3 Å². The Balaban J connectivity index is 1.35. The van der Waals surface area contributed by atoms with E-state index in [2.05, 4.69) is 14.8 Å². The summed E-state index contributed by atoms with van der Waals surface area (Å²) in [5, 5.41) is 0.573. The van der Waals surface area contributed by atoms with Gasteiger partial charge in [0.2, 0.25) is 0 Å². The van der Waals surface area contributed by atoms with Gasteiger partial charge in [-0.15, -0.1) is 0 Å². The number of anilines is 2. The molecule has 1 aromatic carbocycles. The van der Waals surface area contributed by atoms with Crippen molar-refractivity contribution in [3.63, 3.8) is 0 Å². The molecule has 33 heavy (non-hydrogen) atoms. The number of halogens is 1. The second kappa shape index (κ2) is 9.76. The fourth-order valence-corrected chi connectivity index (χ4v) is 4.14. The number of benzene rings is 1. The van der Waals surface area contributed by atoms with Crippen LogP contribution in [0.4, 0.5) is 16.3 Å². The highest BCUT2D eigenvalue weighted by Crippen LogP contribution is 2.27. The van der Waals surface area contributed by atoms with Crippen molar-refractivity contribution in [3.05, 3.63) is 53.2 Å². The second-order valence-corrected chi connectivity index (χ2v) is 8.38. The summed E-state index contributed by atoms with van der Waals surface area (Å²) < 4.78 is 4.99. The van der Waals surface area contributed by atoms with Gasteiger partial charge in [-0.1, -0.05) is 11.6 Å². The number of hydrogen-bond donors (Lipinski definition) is 0. The van der Waals surface area contributed by atoms with E-state index in [0.717, 1.165) is 5.82 Å². The van der Waals surface area contributed by atoms with Crippen molar-refractivity contribution >= 4 is 41.0 Å². The third-order valence-electron chi connectivity index (χ3n) is 5.85. The fourth-order valence-electron chi connectivity index (χ4n) is 4.02. The first-order valence-corrected chi connectivity index (χ1v) is 11.3. The molecule has 0 N–H and O–H groups in total. The van der Waals surface area contributed by atoms with E-state index in [1.165, 1.54) is 16.0 Å². The molecule has 0 spiro atoms. The van der Waals surface area contributed by atoms with Crippen LogP contribution in [-0.4, -0.2) is 78.2 Å². The summed E-state index contributed by atoms with van der Waals surface area (Å²) in [5.74, 6) is 0.176. The zero-order valence-corrected chi connectivity index (χ0v) is 19.4. The van der Waals surface area contributed by atoms with Gasteiger partial charge in [0.15, 0.2) is 0 Å². The monoisotopic (exact) mass is 471 g/mol.